The molecule has 4 rings (SSSR count). The maximum Gasteiger partial charge on any atom is 0.173 e. The first-order valence-electron chi connectivity index (χ1n) is 8.55. The van der Waals surface area contributed by atoms with Crippen LogP contribution in [-0.2, 0) is 0 Å². The Kier molecular flexibility index (Phi) is 4.29. The van der Waals surface area contributed by atoms with E-state index in [1.54, 1.807) is 0 Å². The maximum absolute atomic E-state index is 4.80. The van der Waals surface area contributed by atoms with Crippen LogP contribution in [0.4, 0.5) is 11.4 Å². The van der Waals surface area contributed by atoms with Crippen molar-refractivity contribution in [2.45, 2.75) is 24.6 Å². The molecule has 2 unspecified atom stereocenters. The summed E-state index contributed by atoms with van der Waals surface area (Å²) in [6.45, 7) is 3.04. The molecule has 3 heterocycles. The molecule has 0 saturated heterocycles. The lowest BCUT2D eigenvalue weighted by Gasteiger charge is -2.30. The van der Waals surface area contributed by atoms with E-state index >= 15 is 0 Å². The van der Waals surface area contributed by atoms with Gasteiger partial charge in [-0.15, -0.1) is 11.8 Å². The van der Waals surface area contributed by atoms with E-state index in [2.05, 4.69) is 62.9 Å². The van der Waals surface area contributed by atoms with Crippen LogP contribution in [0.25, 0.3) is 0 Å². The van der Waals surface area contributed by atoms with E-state index in [4.69, 9.17) is 4.99 Å². The topological polar surface area (TPSA) is 43.2 Å². The molecule has 0 spiro atoms. The smallest absolute Gasteiger partial charge is 0.173 e. The van der Waals surface area contributed by atoms with Crippen molar-refractivity contribution in [3.05, 3.63) is 47.6 Å². The van der Waals surface area contributed by atoms with Gasteiger partial charge in [-0.1, -0.05) is 11.6 Å². The molecule has 0 fully saturated rings. The number of hydrogen-bond donors (Lipinski definition) is 1. The number of amidine groups is 2. The van der Waals surface area contributed by atoms with Gasteiger partial charge in [0.05, 0.1) is 12.6 Å². The number of anilines is 2. The van der Waals surface area contributed by atoms with Crippen molar-refractivity contribution < 1.29 is 0 Å². The van der Waals surface area contributed by atoms with Gasteiger partial charge in [0.2, 0.25) is 0 Å². The molecule has 1 aromatic carbocycles. The fourth-order valence-electron chi connectivity index (χ4n) is 3.35. The standard InChI is InChI=1S/C19H23N5S/c1-13-9-17(25-12-13)16-11-21-19-18(20-7-8-24(16)19)22-14-5-4-6-15(10-14)23(2)3/h4-8,10,12,16-17H,9,11H2,1-3H3,(H,20,22). The number of fused-ring (bicyclic) bond motifs is 1. The Bertz CT molecular complexity index is 793. The van der Waals surface area contributed by atoms with Gasteiger partial charge in [-0.05, 0) is 37.0 Å². The molecular formula is C19H23N5S. The maximum atomic E-state index is 4.80. The lowest BCUT2D eigenvalue weighted by molar-refractivity contribution is 0.427. The van der Waals surface area contributed by atoms with E-state index in [9.17, 15) is 0 Å². The molecular weight excluding hydrogens is 330 g/mol. The third-order valence-corrected chi connectivity index (χ3v) is 6.06. The molecule has 25 heavy (non-hydrogen) atoms. The lowest BCUT2D eigenvalue weighted by Crippen LogP contribution is -2.44. The van der Waals surface area contributed by atoms with E-state index < -0.39 is 0 Å². The molecule has 130 valence electrons. The predicted octanol–water partition coefficient (Wildman–Crippen LogP) is 3.54. The Morgan fingerprint density at radius 2 is 2.20 bits per heavy atom. The van der Waals surface area contributed by atoms with E-state index in [0.29, 0.717) is 11.3 Å². The summed E-state index contributed by atoms with van der Waals surface area (Å²) < 4.78 is 0. The summed E-state index contributed by atoms with van der Waals surface area (Å²) in [5.41, 5.74) is 3.65. The molecule has 0 bridgehead atoms. The number of nitrogens with zero attached hydrogens (tertiary/aromatic N) is 4. The van der Waals surface area contributed by atoms with Crippen molar-refractivity contribution in [3.8, 4) is 0 Å². The fourth-order valence-corrected chi connectivity index (χ4v) is 4.61. The van der Waals surface area contributed by atoms with Gasteiger partial charge in [0.1, 0.15) is 0 Å². The van der Waals surface area contributed by atoms with Gasteiger partial charge in [-0.2, -0.15) is 0 Å². The highest BCUT2D eigenvalue weighted by molar-refractivity contribution is 8.03. The van der Waals surface area contributed by atoms with Crippen molar-refractivity contribution in [1.29, 1.82) is 0 Å². The molecule has 1 N–H and O–H groups in total. The van der Waals surface area contributed by atoms with Crippen LogP contribution in [0.5, 0.6) is 0 Å². The molecule has 3 aliphatic rings. The Morgan fingerprint density at radius 3 is 2.96 bits per heavy atom. The van der Waals surface area contributed by atoms with E-state index in [1.165, 1.54) is 5.57 Å². The van der Waals surface area contributed by atoms with Gasteiger partial charge in [0.25, 0.3) is 0 Å². The zero-order valence-electron chi connectivity index (χ0n) is 14.8. The van der Waals surface area contributed by atoms with Crippen molar-refractivity contribution in [1.82, 2.24) is 4.90 Å². The molecule has 0 radical (unpaired) electrons. The third-order valence-electron chi connectivity index (χ3n) is 4.69. The van der Waals surface area contributed by atoms with Crippen LogP contribution < -0.4 is 10.2 Å². The van der Waals surface area contributed by atoms with Crippen LogP contribution >= 0.6 is 11.8 Å². The van der Waals surface area contributed by atoms with E-state index in [-0.39, 0.29) is 0 Å². The van der Waals surface area contributed by atoms with Gasteiger partial charge in [0.15, 0.2) is 11.7 Å². The highest BCUT2D eigenvalue weighted by Crippen LogP contribution is 2.36. The second-order valence-electron chi connectivity index (χ2n) is 6.83. The normalized spacial score (nSPS) is 24.6. The molecule has 1 aromatic rings. The summed E-state index contributed by atoms with van der Waals surface area (Å²) in [5, 5.41) is 6.31. The largest absolute Gasteiger partial charge is 0.378 e. The van der Waals surface area contributed by atoms with Crippen molar-refractivity contribution in [3.63, 3.8) is 0 Å². The Balaban J connectivity index is 1.50. The van der Waals surface area contributed by atoms with Crippen molar-refractivity contribution in [2.75, 3.05) is 30.9 Å². The Morgan fingerprint density at radius 1 is 1.32 bits per heavy atom. The van der Waals surface area contributed by atoms with Crippen molar-refractivity contribution >= 4 is 34.8 Å². The quantitative estimate of drug-likeness (QED) is 0.903. The first-order valence-corrected chi connectivity index (χ1v) is 9.49. The number of hydrogen-bond acceptors (Lipinski definition) is 6. The fraction of sp³-hybridized carbons (Fsp3) is 0.368. The third kappa shape index (κ3) is 3.18. The Labute approximate surface area is 153 Å². The lowest BCUT2D eigenvalue weighted by atomic mass is 10.1. The molecule has 0 amide bonds. The second kappa shape index (κ2) is 6.59. The average molecular weight is 353 g/mol. The van der Waals surface area contributed by atoms with Gasteiger partial charge in [-0.3, -0.25) is 4.99 Å². The van der Waals surface area contributed by atoms with Gasteiger partial charge >= 0.3 is 0 Å². The van der Waals surface area contributed by atoms with Crippen LogP contribution in [-0.4, -0.2) is 48.5 Å². The number of thioether (sulfide) groups is 1. The van der Waals surface area contributed by atoms with E-state index in [1.807, 2.05) is 32.1 Å². The summed E-state index contributed by atoms with van der Waals surface area (Å²) in [4.78, 5) is 13.7. The van der Waals surface area contributed by atoms with Crippen LogP contribution in [0, 0.1) is 0 Å². The number of rotatable bonds is 3. The summed E-state index contributed by atoms with van der Waals surface area (Å²) in [6, 6.07) is 8.74. The average Bonchev–Trinajstić information content (AvgIpc) is 3.21. The summed E-state index contributed by atoms with van der Waals surface area (Å²) in [5.74, 6) is 1.78. The SMILES string of the molecule is CC1=CSC(C2CN=C3C(Nc4cccc(N(C)C)c4)=NC=CN32)C1. The second-order valence-corrected chi connectivity index (χ2v) is 7.94. The first kappa shape index (κ1) is 16.3. The minimum Gasteiger partial charge on any atom is -0.378 e. The zero-order valence-corrected chi connectivity index (χ0v) is 15.6. The molecule has 5 nitrogen and oxygen atoms in total. The highest BCUT2D eigenvalue weighted by atomic mass is 32.2. The van der Waals surface area contributed by atoms with Gasteiger partial charge in [-0.25, -0.2) is 4.99 Å². The summed E-state index contributed by atoms with van der Waals surface area (Å²) in [7, 11) is 4.09. The molecule has 3 aliphatic heterocycles. The molecule has 0 aromatic heterocycles. The molecule has 0 saturated carbocycles. The highest BCUT2D eigenvalue weighted by Gasteiger charge is 2.37. The minimum absolute atomic E-state index is 0.408. The van der Waals surface area contributed by atoms with Crippen LogP contribution in [0.15, 0.2) is 57.6 Å². The first-order chi connectivity index (χ1) is 12.1. The number of allylic oxidation sites excluding steroid dienone is 1. The Hall–Kier alpha value is -2.21. The zero-order chi connectivity index (χ0) is 17.4. The monoisotopic (exact) mass is 353 g/mol. The van der Waals surface area contributed by atoms with Crippen molar-refractivity contribution in [2.24, 2.45) is 9.98 Å². The van der Waals surface area contributed by atoms with Crippen LogP contribution in [0.1, 0.15) is 13.3 Å². The molecule has 2 atom stereocenters. The van der Waals surface area contributed by atoms with Crippen LogP contribution in [0.3, 0.4) is 0 Å². The number of benzene rings is 1. The van der Waals surface area contributed by atoms with Gasteiger partial charge < -0.3 is 15.1 Å². The van der Waals surface area contributed by atoms with Gasteiger partial charge in [0, 0.05) is 43.1 Å². The summed E-state index contributed by atoms with van der Waals surface area (Å²) in [6.07, 6.45) is 5.08. The molecule has 0 aliphatic carbocycles. The predicted molar refractivity (Wildman–Crippen MR) is 109 cm³/mol. The van der Waals surface area contributed by atoms with Crippen LogP contribution in [0.2, 0.25) is 0 Å². The number of aliphatic imine (C=N–C) groups is 2. The number of nitrogens with one attached hydrogen (secondary N) is 1. The van der Waals surface area contributed by atoms with E-state index in [0.717, 1.165) is 36.0 Å². The summed E-state index contributed by atoms with van der Waals surface area (Å²) >= 11 is 1.94. The minimum atomic E-state index is 0.408. The molecule has 6 heteroatoms.